The third-order valence-corrected chi connectivity index (χ3v) is 8.50. The van der Waals surface area contributed by atoms with E-state index in [0.717, 1.165) is 17.3 Å². The van der Waals surface area contributed by atoms with E-state index < -0.39 is 0 Å². The molecule has 3 heteroatoms. The van der Waals surface area contributed by atoms with E-state index in [-0.39, 0.29) is 21.7 Å². The molecule has 1 aromatic carbocycles. The van der Waals surface area contributed by atoms with Crippen LogP contribution in [-0.4, -0.2) is 16.3 Å². The molecule has 3 nitrogen and oxygen atoms in total. The highest BCUT2D eigenvalue weighted by molar-refractivity contribution is 5.86. The number of carbonyl (C=O) groups is 1. The van der Waals surface area contributed by atoms with E-state index in [9.17, 15) is 4.79 Å². The number of aldehydes is 1. The molecule has 1 N–H and O–H groups in total. The van der Waals surface area contributed by atoms with Crippen LogP contribution in [-0.2, 0) is 0 Å². The molecule has 0 atom stereocenters. The zero-order valence-electron chi connectivity index (χ0n) is 16.7. The Bertz CT molecular complexity index is 870. The van der Waals surface area contributed by atoms with Crippen LogP contribution in [0.2, 0.25) is 0 Å². The number of rotatable bonds is 3. The van der Waals surface area contributed by atoms with Crippen LogP contribution >= 0.6 is 0 Å². The Morgan fingerprint density at radius 3 is 1.84 bits per heavy atom. The summed E-state index contributed by atoms with van der Waals surface area (Å²) in [5, 5.41) is 0. The van der Waals surface area contributed by atoms with Gasteiger partial charge in [0.2, 0.25) is 0 Å². The Balaban J connectivity index is 1.99. The molecule has 2 fully saturated rings. The van der Waals surface area contributed by atoms with Crippen molar-refractivity contribution in [3.63, 3.8) is 0 Å². The van der Waals surface area contributed by atoms with Crippen molar-refractivity contribution >= 4 is 17.3 Å². The number of hydrogen-bond acceptors (Lipinski definition) is 2. The summed E-state index contributed by atoms with van der Waals surface area (Å²) in [5.74, 6) is 1.43. The standard InChI is InChI=1S/C22H30N2O/c1-19(2)17(20(19,3)4)12-9-10-13-16(24-14(11-25)23-13)15(12)18-21(5,6)22(18,7)8/h9-11,17-18H,1-8H3,(H,23,24). The van der Waals surface area contributed by atoms with Crippen LogP contribution in [0, 0.1) is 21.7 Å². The van der Waals surface area contributed by atoms with Crippen LogP contribution < -0.4 is 0 Å². The van der Waals surface area contributed by atoms with Gasteiger partial charge in [-0.1, -0.05) is 61.5 Å². The Labute approximate surface area is 150 Å². The summed E-state index contributed by atoms with van der Waals surface area (Å²) in [6, 6.07) is 4.40. The molecule has 2 aliphatic carbocycles. The third-order valence-electron chi connectivity index (χ3n) is 8.50. The largest absolute Gasteiger partial charge is 0.336 e. The van der Waals surface area contributed by atoms with E-state index in [1.807, 2.05) is 0 Å². The average molecular weight is 338 g/mol. The van der Waals surface area contributed by atoms with E-state index >= 15 is 0 Å². The lowest BCUT2D eigenvalue weighted by atomic mass is 9.90. The van der Waals surface area contributed by atoms with E-state index in [1.54, 1.807) is 0 Å². The molecule has 134 valence electrons. The van der Waals surface area contributed by atoms with Crippen molar-refractivity contribution in [2.75, 3.05) is 0 Å². The van der Waals surface area contributed by atoms with Gasteiger partial charge in [-0.25, -0.2) is 4.98 Å². The number of fused-ring (bicyclic) bond motifs is 1. The third kappa shape index (κ3) is 1.82. The predicted octanol–water partition coefficient (Wildman–Crippen LogP) is 5.67. The van der Waals surface area contributed by atoms with Gasteiger partial charge in [0.05, 0.1) is 11.0 Å². The van der Waals surface area contributed by atoms with Gasteiger partial charge in [0, 0.05) is 0 Å². The molecule has 2 aliphatic rings. The van der Waals surface area contributed by atoms with Crippen molar-refractivity contribution in [1.29, 1.82) is 0 Å². The number of nitrogens with one attached hydrogen (secondary N) is 1. The molecule has 0 bridgehead atoms. The van der Waals surface area contributed by atoms with Crippen molar-refractivity contribution < 1.29 is 4.79 Å². The molecule has 2 aromatic rings. The highest BCUT2D eigenvalue weighted by atomic mass is 16.1. The molecule has 4 rings (SSSR count). The van der Waals surface area contributed by atoms with Crippen LogP contribution in [0.4, 0.5) is 0 Å². The fraction of sp³-hybridized carbons (Fsp3) is 0.636. The molecule has 1 heterocycles. The van der Waals surface area contributed by atoms with Gasteiger partial charge in [-0.15, -0.1) is 0 Å². The number of hydrogen-bond donors (Lipinski definition) is 1. The van der Waals surface area contributed by atoms with Crippen molar-refractivity contribution in [1.82, 2.24) is 9.97 Å². The molecule has 0 radical (unpaired) electrons. The normalized spacial score (nSPS) is 25.9. The molecule has 1 aromatic heterocycles. The predicted molar refractivity (Wildman–Crippen MR) is 102 cm³/mol. The smallest absolute Gasteiger partial charge is 0.185 e. The first kappa shape index (κ1) is 16.8. The molecule has 0 spiro atoms. The fourth-order valence-electron chi connectivity index (χ4n) is 5.63. The molecule has 2 saturated carbocycles. The molecular weight excluding hydrogens is 308 g/mol. The first-order valence-electron chi connectivity index (χ1n) is 9.36. The summed E-state index contributed by atoms with van der Waals surface area (Å²) in [5.41, 5.74) is 5.83. The molecule has 25 heavy (non-hydrogen) atoms. The number of carbonyl (C=O) groups excluding carboxylic acids is 1. The quantitative estimate of drug-likeness (QED) is 0.732. The van der Waals surface area contributed by atoms with Crippen LogP contribution in [0.1, 0.15) is 89.0 Å². The topological polar surface area (TPSA) is 45.8 Å². The van der Waals surface area contributed by atoms with Crippen LogP contribution in [0.15, 0.2) is 12.1 Å². The number of benzene rings is 1. The molecule has 0 unspecified atom stereocenters. The number of H-pyrrole nitrogens is 1. The maximum atomic E-state index is 11.3. The van der Waals surface area contributed by atoms with Gasteiger partial charge in [0.15, 0.2) is 12.1 Å². The van der Waals surface area contributed by atoms with E-state index in [1.165, 1.54) is 11.1 Å². The monoisotopic (exact) mass is 338 g/mol. The Hall–Kier alpha value is -1.64. The number of nitrogens with zero attached hydrogens (tertiary/aromatic N) is 1. The van der Waals surface area contributed by atoms with E-state index in [0.29, 0.717) is 17.7 Å². The first-order chi connectivity index (χ1) is 11.4. The fourth-order valence-corrected chi connectivity index (χ4v) is 5.63. The van der Waals surface area contributed by atoms with Crippen molar-refractivity contribution in [3.8, 4) is 0 Å². The van der Waals surface area contributed by atoms with Crippen LogP contribution in [0.25, 0.3) is 11.0 Å². The maximum Gasteiger partial charge on any atom is 0.185 e. The van der Waals surface area contributed by atoms with Gasteiger partial charge >= 0.3 is 0 Å². The number of imidazole rings is 1. The summed E-state index contributed by atoms with van der Waals surface area (Å²) < 4.78 is 0. The van der Waals surface area contributed by atoms with Gasteiger partial charge in [-0.3, -0.25) is 4.79 Å². The zero-order valence-corrected chi connectivity index (χ0v) is 16.7. The molecular formula is C22H30N2O. The van der Waals surface area contributed by atoms with E-state index in [4.69, 9.17) is 0 Å². The maximum absolute atomic E-state index is 11.3. The summed E-state index contributed by atoms with van der Waals surface area (Å²) in [6.07, 6.45) is 0.817. The second-order valence-corrected chi connectivity index (χ2v) is 10.5. The zero-order chi connectivity index (χ0) is 18.6. The highest BCUT2D eigenvalue weighted by Crippen LogP contribution is 2.78. The second-order valence-electron chi connectivity index (χ2n) is 10.5. The van der Waals surface area contributed by atoms with Gasteiger partial charge in [-0.05, 0) is 50.7 Å². The Morgan fingerprint density at radius 2 is 1.40 bits per heavy atom. The SMILES string of the molecule is CC1(C)C(c2ccc3[nH]c(C=O)nc3c2C2C(C)(C)C2(C)C)C1(C)C. The summed E-state index contributed by atoms with van der Waals surface area (Å²) in [4.78, 5) is 19.1. The van der Waals surface area contributed by atoms with E-state index in [2.05, 4.69) is 77.5 Å². The lowest BCUT2D eigenvalue weighted by Gasteiger charge is -2.14. The molecule has 0 amide bonds. The van der Waals surface area contributed by atoms with Crippen molar-refractivity contribution in [2.45, 2.75) is 67.2 Å². The van der Waals surface area contributed by atoms with Crippen LogP contribution in [0.5, 0.6) is 0 Å². The summed E-state index contributed by atoms with van der Waals surface area (Å²) in [7, 11) is 0. The second kappa shape index (κ2) is 4.36. The van der Waals surface area contributed by atoms with Gasteiger partial charge < -0.3 is 4.98 Å². The minimum atomic E-state index is 0.236. The van der Waals surface area contributed by atoms with Crippen molar-refractivity contribution in [3.05, 3.63) is 29.1 Å². The van der Waals surface area contributed by atoms with Gasteiger partial charge in [-0.2, -0.15) is 0 Å². The highest BCUT2D eigenvalue weighted by Gasteiger charge is 2.69. The Kier molecular flexibility index (Phi) is 2.93. The average Bonchev–Trinajstić information content (AvgIpc) is 2.97. The lowest BCUT2D eigenvalue weighted by molar-refractivity contribution is 0.111. The molecule has 0 aliphatic heterocycles. The minimum absolute atomic E-state index is 0.236. The van der Waals surface area contributed by atoms with Crippen molar-refractivity contribution in [2.24, 2.45) is 21.7 Å². The Morgan fingerprint density at radius 1 is 0.880 bits per heavy atom. The van der Waals surface area contributed by atoms with Crippen LogP contribution in [0.3, 0.4) is 0 Å². The molecule has 0 saturated heterocycles. The minimum Gasteiger partial charge on any atom is -0.336 e. The number of aromatic amines is 1. The van der Waals surface area contributed by atoms with Gasteiger partial charge in [0.1, 0.15) is 0 Å². The summed E-state index contributed by atoms with van der Waals surface area (Å²) >= 11 is 0. The first-order valence-corrected chi connectivity index (χ1v) is 9.36. The number of aromatic nitrogens is 2. The lowest BCUT2D eigenvalue weighted by Crippen LogP contribution is -2.00. The van der Waals surface area contributed by atoms with Gasteiger partial charge in [0.25, 0.3) is 0 Å². The summed E-state index contributed by atoms with van der Waals surface area (Å²) in [6.45, 7) is 18.9.